The molecule has 2 aliphatic rings. The van der Waals surface area contributed by atoms with Crippen molar-refractivity contribution in [3.63, 3.8) is 0 Å². The van der Waals surface area contributed by atoms with Gasteiger partial charge in [-0.25, -0.2) is 0 Å². The predicted octanol–water partition coefficient (Wildman–Crippen LogP) is 2.26. The van der Waals surface area contributed by atoms with Crippen molar-refractivity contribution in [1.82, 2.24) is 15.5 Å². The lowest BCUT2D eigenvalue weighted by Gasteiger charge is -2.48. The smallest absolute Gasteiger partial charge is 0.166 e. The van der Waals surface area contributed by atoms with Gasteiger partial charge in [-0.05, 0) is 50.0 Å². The van der Waals surface area contributed by atoms with E-state index in [1.807, 2.05) is 13.1 Å². The number of nitrogens with zero attached hydrogens (tertiary/aromatic N) is 1. The van der Waals surface area contributed by atoms with Crippen LogP contribution >= 0.6 is 12.2 Å². The van der Waals surface area contributed by atoms with Crippen LogP contribution < -0.4 is 10.6 Å². The Morgan fingerprint density at radius 3 is 2.75 bits per heavy atom. The Bertz CT molecular complexity index is 434. The lowest BCUT2D eigenvalue weighted by molar-refractivity contribution is 0.0160. The summed E-state index contributed by atoms with van der Waals surface area (Å²) in [5, 5.41) is 7.23. The van der Waals surface area contributed by atoms with Gasteiger partial charge in [0.05, 0.1) is 12.8 Å². The van der Waals surface area contributed by atoms with Crippen LogP contribution in [0.2, 0.25) is 0 Å². The number of furan rings is 1. The van der Waals surface area contributed by atoms with E-state index in [-0.39, 0.29) is 0 Å². The summed E-state index contributed by atoms with van der Waals surface area (Å²) in [7, 11) is 1.88. The average Bonchev–Trinajstić information content (AvgIpc) is 2.92. The SMILES string of the molecule is CNC(=S)NC1C[C@H]2CCC[C@H](C1)N2Cc1ccco1. The molecule has 2 bridgehead atoms. The summed E-state index contributed by atoms with van der Waals surface area (Å²) < 4.78 is 5.52. The fourth-order valence-corrected chi connectivity index (χ4v) is 3.86. The average molecular weight is 293 g/mol. The highest BCUT2D eigenvalue weighted by molar-refractivity contribution is 7.80. The summed E-state index contributed by atoms with van der Waals surface area (Å²) in [6.45, 7) is 0.950. The van der Waals surface area contributed by atoms with E-state index in [0.717, 1.165) is 17.4 Å². The summed E-state index contributed by atoms with van der Waals surface area (Å²) in [4.78, 5) is 2.64. The molecule has 3 heterocycles. The fraction of sp³-hybridized carbons (Fsp3) is 0.667. The minimum atomic E-state index is 0.512. The Kier molecular flexibility index (Phi) is 4.27. The lowest BCUT2D eigenvalue weighted by atomic mass is 9.81. The van der Waals surface area contributed by atoms with E-state index in [1.54, 1.807) is 6.26 Å². The number of thiocarbonyl (C=S) groups is 1. The standard InChI is InChI=1S/C15H23N3OS/c1-16-15(20)17-11-8-12-4-2-5-13(9-11)18(12)10-14-6-3-7-19-14/h3,6-7,11-13H,2,4-5,8-10H2,1H3,(H2,16,17,20)/t12-,13-/m1/s1. The van der Waals surface area contributed by atoms with Crippen LogP contribution in [0, 0.1) is 0 Å². The zero-order valence-electron chi connectivity index (χ0n) is 12.0. The van der Waals surface area contributed by atoms with E-state index >= 15 is 0 Å². The second kappa shape index (κ2) is 6.14. The Morgan fingerprint density at radius 2 is 2.15 bits per heavy atom. The Hall–Kier alpha value is -1.07. The second-order valence-corrected chi connectivity index (χ2v) is 6.29. The van der Waals surface area contributed by atoms with Crippen molar-refractivity contribution >= 4 is 17.3 Å². The van der Waals surface area contributed by atoms with Crippen molar-refractivity contribution in [2.24, 2.45) is 0 Å². The van der Waals surface area contributed by atoms with E-state index in [0.29, 0.717) is 18.1 Å². The molecule has 0 saturated carbocycles. The van der Waals surface area contributed by atoms with Gasteiger partial charge in [0.2, 0.25) is 0 Å². The minimum Gasteiger partial charge on any atom is -0.468 e. The van der Waals surface area contributed by atoms with Gasteiger partial charge < -0.3 is 15.1 Å². The monoisotopic (exact) mass is 293 g/mol. The van der Waals surface area contributed by atoms with Crippen LogP contribution in [0.5, 0.6) is 0 Å². The molecule has 20 heavy (non-hydrogen) atoms. The zero-order valence-corrected chi connectivity index (χ0v) is 12.8. The molecule has 1 aromatic rings. The topological polar surface area (TPSA) is 40.4 Å². The van der Waals surface area contributed by atoms with Crippen LogP contribution in [0.15, 0.2) is 22.8 Å². The van der Waals surface area contributed by atoms with Crippen molar-refractivity contribution in [2.45, 2.75) is 56.8 Å². The van der Waals surface area contributed by atoms with Crippen LogP contribution in [-0.2, 0) is 6.54 Å². The van der Waals surface area contributed by atoms with Crippen LogP contribution in [0.3, 0.4) is 0 Å². The third kappa shape index (κ3) is 2.99. The van der Waals surface area contributed by atoms with Crippen molar-refractivity contribution in [2.75, 3.05) is 7.05 Å². The Balaban J connectivity index is 1.65. The molecule has 3 rings (SSSR count). The predicted molar refractivity (Wildman–Crippen MR) is 83.5 cm³/mol. The van der Waals surface area contributed by atoms with Crippen LogP contribution in [0.1, 0.15) is 37.9 Å². The highest BCUT2D eigenvalue weighted by Gasteiger charge is 2.38. The first-order valence-electron chi connectivity index (χ1n) is 7.52. The summed E-state index contributed by atoms with van der Waals surface area (Å²) in [6.07, 6.45) is 8.07. The second-order valence-electron chi connectivity index (χ2n) is 5.88. The van der Waals surface area contributed by atoms with E-state index in [1.165, 1.54) is 32.1 Å². The molecule has 0 amide bonds. The van der Waals surface area contributed by atoms with Gasteiger partial charge in [-0.2, -0.15) is 0 Å². The van der Waals surface area contributed by atoms with E-state index < -0.39 is 0 Å². The first kappa shape index (κ1) is 13.9. The van der Waals surface area contributed by atoms with Gasteiger partial charge in [0.25, 0.3) is 0 Å². The van der Waals surface area contributed by atoms with Crippen LogP contribution in [-0.4, -0.2) is 35.2 Å². The van der Waals surface area contributed by atoms with Gasteiger partial charge in [-0.1, -0.05) is 6.42 Å². The molecule has 0 unspecified atom stereocenters. The van der Waals surface area contributed by atoms with E-state index in [4.69, 9.17) is 16.6 Å². The quantitative estimate of drug-likeness (QED) is 0.837. The molecule has 2 atom stereocenters. The molecule has 0 aliphatic carbocycles. The van der Waals surface area contributed by atoms with Gasteiger partial charge in [-0.15, -0.1) is 0 Å². The minimum absolute atomic E-state index is 0.512. The maximum Gasteiger partial charge on any atom is 0.166 e. The molecular formula is C15H23N3OS. The van der Waals surface area contributed by atoms with Crippen molar-refractivity contribution in [1.29, 1.82) is 0 Å². The summed E-state index contributed by atoms with van der Waals surface area (Å²) in [5.74, 6) is 1.08. The van der Waals surface area contributed by atoms with Crippen LogP contribution in [0.4, 0.5) is 0 Å². The molecule has 2 aliphatic heterocycles. The van der Waals surface area contributed by atoms with Gasteiger partial charge in [0.15, 0.2) is 5.11 Å². The summed E-state index contributed by atoms with van der Waals surface area (Å²) in [6, 6.07) is 5.88. The fourth-order valence-electron chi connectivity index (χ4n) is 3.69. The van der Waals surface area contributed by atoms with Gasteiger partial charge in [0.1, 0.15) is 5.76 Å². The molecule has 5 heteroatoms. The highest BCUT2D eigenvalue weighted by Crippen LogP contribution is 2.35. The molecular weight excluding hydrogens is 270 g/mol. The van der Waals surface area contributed by atoms with Crippen LogP contribution in [0.25, 0.3) is 0 Å². The van der Waals surface area contributed by atoms with Crippen molar-refractivity contribution < 1.29 is 4.42 Å². The largest absolute Gasteiger partial charge is 0.468 e. The lowest BCUT2D eigenvalue weighted by Crippen LogP contribution is -2.57. The normalized spacial score (nSPS) is 29.9. The molecule has 1 aromatic heterocycles. The molecule has 0 spiro atoms. The zero-order chi connectivity index (χ0) is 13.9. The number of hydrogen-bond acceptors (Lipinski definition) is 3. The molecule has 0 radical (unpaired) electrons. The number of nitrogens with one attached hydrogen (secondary N) is 2. The number of rotatable bonds is 3. The summed E-state index contributed by atoms with van der Waals surface area (Å²) >= 11 is 5.24. The van der Waals surface area contributed by atoms with Crippen molar-refractivity contribution in [3.8, 4) is 0 Å². The van der Waals surface area contributed by atoms with E-state index in [9.17, 15) is 0 Å². The molecule has 0 aromatic carbocycles. The molecule has 4 nitrogen and oxygen atoms in total. The maximum atomic E-state index is 5.52. The third-order valence-corrected chi connectivity index (χ3v) is 4.93. The van der Waals surface area contributed by atoms with Gasteiger partial charge >= 0.3 is 0 Å². The van der Waals surface area contributed by atoms with E-state index in [2.05, 4.69) is 21.6 Å². The van der Waals surface area contributed by atoms with Gasteiger partial charge in [0, 0.05) is 25.2 Å². The molecule has 2 saturated heterocycles. The molecule has 2 fully saturated rings. The maximum absolute atomic E-state index is 5.52. The van der Waals surface area contributed by atoms with Crippen molar-refractivity contribution in [3.05, 3.63) is 24.2 Å². The Labute approximate surface area is 125 Å². The first-order chi connectivity index (χ1) is 9.76. The number of piperidine rings is 2. The highest BCUT2D eigenvalue weighted by atomic mass is 32.1. The van der Waals surface area contributed by atoms with Gasteiger partial charge in [-0.3, -0.25) is 4.90 Å². The number of fused-ring (bicyclic) bond motifs is 2. The first-order valence-corrected chi connectivity index (χ1v) is 7.93. The number of hydrogen-bond donors (Lipinski definition) is 2. The summed E-state index contributed by atoms with van der Waals surface area (Å²) in [5.41, 5.74) is 0. The molecule has 2 N–H and O–H groups in total. The third-order valence-electron chi connectivity index (χ3n) is 4.61. The molecule has 110 valence electrons. The Morgan fingerprint density at radius 1 is 1.40 bits per heavy atom.